The SMILES string of the molecule is CC(Nc1nc(Cl)nc(N2CCCCC2)n1)C1CCCO1. The Labute approximate surface area is 130 Å². The summed E-state index contributed by atoms with van der Waals surface area (Å²) in [6.45, 7) is 4.91. The summed E-state index contributed by atoms with van der Waals surface area (Å²) in [5.74, 6) is 1.22. The molecule has 2 saturated heterocycles. The van der Waals surface area contributed by atoms with Crippen molar-refractivity contribution in [3.05, 3.63) is 5.28 Å². The first-order chi connectivity index (χ1) is 10.2. The summed E-state index contributed by atoms with van der Waals surface area (Å²) in [4.78, 5) is 15.2. The molecule has 1 aromatic rings. The van der Waals surface area contributed by atoms with Crippen LogP contribution in [-0.4, -0.2) is 46.8 Å². The molecule has 1 aromatic heterocycles. The van der Waals surface area contributed by atoms with E-state index in [4.69, 9.17) is 16.3 Å². The molecule has 6 nitrogen and oxygen atoms in total. The fourth-order valence-corrected chi connectivity index (χ4v) is 3.09. The highest BCUT2D eigenvalue weighted by atomic mass is 35.5. The van der Waals surface area contributed by atoms with E-state index in [0.29, 0.717) is 11.9 Å². The van der Waals surface area contributed by atoms with Crippen molar-refractivity contribution < 1.29 is 4.74 Å². The normalized spacial score (nSPS) is 24.1. The van der Waals surface area contributed by atoms with Gasteiger partial charge in [0.05, 0.1) is 12.1 Å². The monoisotopic (exact) mass is 311 g/mol. The number of aromatic nitrogens is 3. The molecule has 116 valence electrons. The summed E-state index contributed by atoms with van der Waals surface area (Å²) in [7, 11) is 0. The van der Waals surface area contributed by atoms with Crippen molar-refractivity contribution in [1.29, 1.82) is 0 Å². The largest absolute Gasteiger partial charge is 0.376 e. The van der Waals surface area contributed by atoms with E-state index in [-0.39, 0.29) is 17.4 Å². The molecule has 7 heteroatoms. The third kappa shape index (κ3) is 3.74. The highest BCUT2D eigenvalue weighted by Crippen LogP contribution is 2.21. The van der Waals surface area contributed by atoms with Gasteiger partial charge in [-0.1, -0.05) is 0 Å². The van der Waals surface area contributed by atoms with E-state index in [1.165, 1.54) is 19.3 Å². The van der Waals surface area contributed by atoms with Crippen molar-refractivity contribution in [3.8, 4) is 0 Å². The fraction of sp³-hybridized carbons (Fsp3) is 0.786. The molecule has 21 heavy (non-hydrogen) atoms. The van der Waals surface area contributed by atoms with Gasteiger partial charge in [-0.2, -0.15) is 15.0 Å². The zero-order valence-electron chi connectivity index (χ0n) is 12.4. The van der Waals surface area contributed by atoms with Gasteiger partial charge >= 0.3 is 0 Å². The van der Waals surface area contributed by atoms with Gasteiger partial charge in [-0.05, 0) is 50.6 Å². The molecule has 1 N–H and O–H groups in total. The van der Waals surface area contributed by atoms with Crippen molar-refractivity contribution in [2.75, 3.05) is 29.9 Å². The van der Waals surface area contributed by atoms with Gasteiger partial charge in [0.2, 0.25) is 17.2 Å². The van der Waals surface area contributed by atoms with Crippen LogP contribution in [0, 0.1) is 0 Å². The van der Waals surface area contributed by atoms with Crippen molar-refractivity contribution in [2.45, 2.75) is 51.2 Å². The van der Waals surface area contributed by atoms with Gasteiger partial charge in [0.25, 0.3) is 0 Å². The van der Waals surface area contributed by atoms with Crippen molar-refractivity contribution >= 4 is 23.5 Å². The number of piperidine rings is 1. The van der Waals surface area contributed by atoms with Crippen LogP contribution in [0.3, 0.4) is 0 Å². The van der Waals surface area contributed by atoms with Gasteiger partial charge in [-0.25, -0.2) is 0 Å². The van der Waals surface area contributed by atoms with Crippen molar-refractivity contribution in [3.63, 3.8) is 0 Å². The van der Waals surface area contributed by atoms with Crippen LogP contribution in [0.1, 0.15) is 39.0 Å². The van der Waals surface area contributed by atoms with Crippen LogP contribution in [0.5, 0.6) is 0 Å². The molecule has 0 spiro atoms. The zero-order valence-corrected chi connectivity index (χ0v) is 13.1. The van der Waals surface area contributed by atoms with Gasteiger partial charge in [-0.15, -0.1) is 0 Å². The van der Waals surface area contributed by atoms with E-state index in [1.807, 2.05) is 0 Å². The molecule has 3 heterocycles. The van der Waals surface area contributed by atoms with Crippen LogP contribution < -0.4 is 10.2 Å². The second-order valence-corrected chi connectivity index (χ2v) is 6.10. The quantitative estimate of drug-likeness (QED) is 0.921. The first kappa shape index (κ1) is 14.8. The predicted octanol–water partition coefficient (Wildman–Crippen LogP) is 2.49. The summed E-state index contributed by atoms with van der Waals surface area (Å²) in [5.41, 5.74) is 0. The third-order valence-electron chi connectivity index (χ3n) is 4.11. The third-order valence-corrected chi connectivity index (χ3v) is 4.28. The number of nitrogens with one attached hydrogen (secondary N) is 1. The molecule has 3 rings (SSSR count). The highest BCUT2D eigenvalue weighted by Gasteiger charge is 2.23. The van der Waals surface area contributed by atoms with E-state index in [2.05, 4.69) is 32.1 Å². The van der Waals surface area contributed by atoms with Gasteiger partial charge in [0, 0.05) is 19.7 Å². The van der Waals surface area contributed by atoms with E-state index >= 15 is 0 Å². The Balaban J connectivity index is 1.70. The maximum absolute atomic E-state index is 6.05. The molecule has 2 atom stereocenters. The molecule has 0 aliphatic carbocycles. The standard InChI is InChI=1S/C14H22ClN5O/c1-10(11-6-5-9-21-11)16-13-17-12(15)18-14(19-13)20-7-3-2-4-8-20/h10-11H,2-9H2,1H3,(H,16,17,18,19). The van der Waals surface area contributed by atoms with E-state index < -0.39 is 0 Å². The minimum absolute atomic E-state index is 0.167. The van der Waals surface area contributed by atoms with Gasteiger partial charge in [0.15, 0.2) is 0 Å². The molecule has 0 amide bonds. The van der Waals surface area contributed by atoms with Gasteiger partial charge in [0.1, 0.15) is 0 Å². The summed E-state index contributed by atoms with van der Waals surface area (Å²) in [6.07, 6.45) is 6.05. The van der Waals surface area contributed by atoms with E-state index in [1.54, 1.807) is 0 Å². The van der Waals surface area contributed by atoms with E-state index in [0.717, 1.165) is 32.5 Å². The Kier molecular flexibility index (Phi) is 4.75. The number of nitrogens with zero attached hydrogens (tertiary/aromatic N) is 4. The molecule has 0 saturated carbocycles. The Hall–Kier alpha value is -1.14. The number of rotatable bonds is 4. The second-order valence-electron chi connectivity index (χ2n) is 5.76. The lowest BCUT2D eigenvalue weighted by atomic mass is 10.1. The molecule has 0 aromatic carbocycles. The molecule has 0 radical (unpaired) electrons. The van der Waals surface area contributed by atoms with Crippen molar-refractivity contribution in [2.24, 2.45) is 0 Å². The Bertz CT molecular complexity index is 474. The van der Waals surface area contributed by atoms with Crippen molar-refractivity contribution in [1.82, 2.24) is 15.0 Å². The van der Waals surface area contributed by atoms with Crippen LogP contribution >= 0.6 is 11.6 Å². The lowest BCUT2D eigenvalue weighted by Crippen LogP contribution is -2.33. The summed E-state index contributed by atoms with van der Waals surface area (Å²) < 4.78 is 5.69. The topological polar surface area (TPSA) is 63.2 Å². The molecular formula is C14H22ClN5O. The van der Waals surface area contributed by atoms with Gasteiger partial charge in [-0.3, -0.25) is 0 Å². The maximum Gasteiger partial charge on any atom is 0.231 e. The lowest BCUT2D eigenvalue weighted by molar-refractivity contribution is 0.0994. The average molecular weight is 312 g/mol. The van der Waals surface area contributed by atoms with Crippen LogP contribution in [0.4, 0.5) is 11.9 Å². The number of anilines is 2. The summed E-state index contributed by atoms with van der Waals surface area (Å²) in [5, 5.41) is 3.55. The van der Waals surface area contributed by atoms with Gasteiger partial charge < -0.3 is 15.0 Å². The molecule has 2 aliphatic rings. The smallest absolute Gasteiger partial charge is 0.231 e. The molecule has 2 aliphatic heterocycles. The number of halogens is 1. The second kappa shape index (κ2) is 6.75. The number of hydrogen-bond acceptors (Lipinski definition) is 6. The highest BCUT2D eigenvalue weighted by molar-refractivity contribution is 6.28. The van der Waals surface area contributed by atoms with Crippen LogP contribution in [0.2, 0.25) is 5.28 Å². The molecule has 2 unspecified atom stereocenters. The first-order valence-corrected chi connectivity index (χ1v) is 8.15. The first-order valence-electron chi connectivity index (χ1n) is 7.77. The lowest BCUT2D eigenvalue weighted by Gasteiger charge is -2.27. The Morgan fingerprint density at radius 3 is 2.71 bits per heavy atom. The summed E-state index contributed by atoms with van der Waals surface area (Å²) >= 11 is 6.05. The minimum atomic E-state index is 0.167. The van der Waals surface area contributed by atoms with Crippen LogP contribution in [-0.2, 0) is 4.74 Å². The van der Waals surface area contributed by atoms with Crippen LogP contribution in [0.15, 0.2) is 0 Å². The summed E-state index contributed by atoms with van der Waals surface area (Å²) in [6, 6.07) is 0.167. The predicted molar refractivity (Wildman–Crippen MR) is 83.0 cm³/mol. The zero-order chi connectivity index (χ0) is 14.7. The Morgan fingerprint density at radius 2 is 2.00 bits per heavy atom. The Morgan fingerprint density at radius 1 is 1.19 bits per heavy atom. The maximum atomic E-state index is 6.05. The number of hydrogen-bond donors (Lipinski definition) is 1. The fourth-order valence-electron chi connectivity index (χ4n) is 2.93. The molecular weight excluding hydrogens is 290 g/mol. The van der Waals surface area contributed by atoms with E-state index in [9.17, 15) is 0 Å². The molecule has 2 fully saturated rings. The molecule has 0 bridgehead atoms. The minimum Gasteiger partial charge on any atom is -0.376 e. The number of ether oxygens (including phenoxy) is 1. The van der Waals surface area contributed by atoms with Crippen LogP contribution in [0.25, 0.3) is 0 Å². The average Bonchev–Trinajstić information content (AvgIpc) is 3.02.